The molecule has 92 valence electrons. The highest BCUT2D eigenvalue weighted by Crippen LogP contribution is 2.08. The third kappa shape index (κ3) is 4.10. The molecule has 0 aliphatic carbocycles. The predicted octanol–water partition coefficient (Wildman–Crippen LogP) is 1.48. The minimum atomic E-state index is -1.14. The largest absolute Gasteiger partial charge is 0.480 e. The highest BCUT2D eigenvalue weighted by molar-refractivity contribution is 5.76. The van der Waals surface area contributed by atoms with E-state index < -0.39 is 24.4 Å². The number of rotatable bonds is 4. The summed E-state index contributed by atoms with van der Waals surface area (Å²) in [6, 6.07) is 5.88. The number of halogens is 1. The Hall–Kier alpha value is -2.11. The molecule has 0 aliphatic rings. The first-order valence-corrected chi connectivity index (χ1v) is 4.84. The molecule has 6 heteroatoms. The van der Waals surface area contributed by atoms with Crippen molar-refractivity contribution in [2.24, 2.45) is 0 Å². The van der Waals surface area contributed by atoms with Gasteiger partial charge >= 0.3 is 12.1 Å². The van der Waals surface area contributed by atoms with Gasteiger partial charge in [0, 0.05) is 12.6 Å². The van der Waals surface area contributed by atoms with E-state index >= 15 is 0 Å². The maximum Gasteiger partial charge on any atom is 0.410 e. The van der Waals surface area contributed by atoms with Crippen LogP contribution in [-0.2, 0) is 16.1 Å². The van der Waals surface area contributed by atoms with Crippen molar-refractivity contribution in [1.29, 1.82) is 0 Å². The summed E-state index contributed by atoms with van der Waals surface area (Å²) in [6.07, 6.45) is -0.810. The molecule has 1 rings (SSSR count). The van der Waals surface area contributed by atoms with Crippen LogP contribution in [0.4, 0.5) is 9.18 Å². The first kappa shape index (κ1) is 13.0. The third-order valence-electron chi connectivity index (χ3n) is 1.99. The van der Waals surface area contributed by atoms with Crippen LogP contribution >= 0.6 is 0 Å². The maximum absolute atomic E-state index is 13.2. The zero-order valence-electron chi connectivity index (χ0n) is 9.22. The molecule has 0 bridgehead atoms. The molecular weight excluding hydrogens is 229 g/mol. The van der Waals surface area contributed by atoms with Gasteiger partial charge in [0.15, 0.2) is 0 Å². The smallest absolute Gasteiger partial charge is 0.410 e. The highest BCUT2D eigenvalue weighted by Gasteiger charge is 2.13. The number of hydrogen-bond donors (Lipinski definition) is 1. The minimum Gasteiger partial charge on any atom is -0.480 e. The average molecular weight is 241 g/mol. The van der Waals surface area contributed by atoms with Gasteiger partial charge in [0.25, 0.3) is 0 Å². The Morgan fingerprint density at radius 2 is 2.06 bits per heavy atom. The van der Waals surface area contributed by atoms with E-state index in [4.69, 9.17) is 9.84 Å². The van der Waals surface area contributed by atoms with Crippen molar-refractivity contribution in [2.45, 2.75) is 6.61 Å². The Bertz CT molecular complexity index is 422. The Labute approximate surface area is 97.4 Å². The summed E-state index contributed by atoms with van der Waals surface area (Å²) < 4.78 is 17.9. The lowest BCUT2D eigenvalue weighted by atomic mass is 10.2. The van der Waals surface area contributed by atoms with E-state index in [9.17, 15) is 14.0 Å². The third-order valence-corrected chi connectivity index (χ3v) is 1.99. The fourth-order valence-electron chi connectivity index (χ4n) is 1.13. The van der Waals surface area contributed by atoms with E-state index in [1.54, 1.807) is 6.07 Å². The zero-order valence-corrected chi connectivity index (χ0v) is 9.22. The fraction of sp³-hybridized carbons (Fsp3) is 0.273. The number of amides is 1. The Morgan fingerprint density at radius 1 is 1.41 bits per heavy atom. The van der Waals surface area contributed by atoms with Crippen LogP contribution in [0.3, 0.4) is 0 Å². The maximum atomic E-state index is 13.2. The highest BCUT2D eigenvalue weighted by atomic mass is 19.1. The van der Waals surface area contributed by atoms with Crippen LogP contribution in [0.15, 0.2) is 24.3 Å². The Kier molecular flexibility index (Phi) is 4.45. The van der Waals surface area contributed by atoms with E-state index in [0.29, 0.717) is 0 Å². The standard InChI is InChI=1S/C11H12FNO4/c1-13(6-10(14)15)11(16)17-7-8-4-2-3-5-9(8)12/h2-5H,6-7H2,1H3,(H,14,15). The SMILES string of the molecule is CN(CC(=O)O)C(=O)OCc1ccccc1F. The molecule has 1 aromatic rings. The Balaban J connectivity index is 2.48. The van der Waals surface area contributed by atoms with Crippen LogP contribution in [-0.4, -0.2) is 35.7 Å². The van der Waals surface area contributed by atoms with Crippen molar-refractivity contribution in [1.82, 2.24) is 4.90 Å². The van der Waals surface area contributed by atoms with E-state index in [0.717, 1.165) is 4.90 Å². The van der Waals surface area contributed by atoms with Gasteiger partial charge in [-0.3, -0.25) is 4.79 Å². The van der Waals surface area contributed by atoms with Crippen molar-refractivity contribution >= 4 is 12.1 Å². The molecule has 0 heterocycles. The molecule has 0 fully saturated rings. The van der Waals surface area contributed by atoms with Crippen molar-refractivity contribution in [3.63, 3.8) is 0 Å². The number of carbonyl (C=O) groups is 2. The lowest BCUT2D eigenvalue weighted by Crippen LogP contribution is -2.32. The molecular formula is C11H12FNO4. The van der Waals surface area contributed by atoms with Gasteiger partial charge in [-0.15, -0.1) is 0 Å². The monoisotopic (exact) mass is 241 g/mol. The van der Waals surface area contributed by atoms with Gasteiger partial charge in [-0.1, -0.05) is 18.2 Å². The molecule has 1 amide bonds. The lowest BCUT2D eigenvalue weighted by molar-refractivity contribution is -0.137. The summed E-state index contributed by atoms with van der Waals surface area (Å²) in [6.45, 7) is -0.689. The summed E-state index contributed by atoms with van der Waals surface area (Å²) in [4.78, 5) is 22.5. The molecule has 1 aromatic carbocycles. The van der Waals surface area contributed by atoms with Gasteiger partial charge in [-0.25, -0.2) is 9.18 Å². The first-order chi connectivity index (χ1) is 8.00. The number of ether oxygens (including phenoxy) is 1. The lowest BCUT2D eigenvalue weighted by Gasteiger charge is -2.14. The summed E-state index contributed by atoms with van der Waals surface area (Å²) in [5, 5.41) is 8.45. The average Bonchev–Trinajstić information content (AvgIpc) is 2.26. The molecule has 0 unspecified atom stereocenters. The summed E-state index contributed by atoms with van der Waals surface area (Å²) in [7, 11) is 1.29. The van der Waals surface area contributed by atoms with Crippen LogP contribution in [0.1, 0.15) is 5.56 Å². The second-order valence-corrected chi connectivity index (χ2v) is 3.40. The van der Waals surface area contributed by atoms with Gasteiger partial charge in [-0.2, -0.15) is 0 Å². The number of aliphatic carboxylic acids is 1. The van der Waals surface area contributed by atoms with Crippen LogP contribution in [0, 0.1) is 5.82 Å². The summed E-state index contributed by atoms with van der Waals surface area (Å²) in [5.74, 6) is -1.61. The first-order valence-electron chi connectivity index (χ1n) is 4.84. The summed E-state index contributed by atoms with van der Waals surface area (Å²) in [5.41, 5.74) is 0.240. The Morgan fingerprint density at radius 3 is 2.65 bits per heavy atom. The van der Waals surface area contributed by atoms with Crippen LogP contribution in [0.2, 0.25) is 0 Å². The zero-order chi connectivity index (χ0) is 12.8. The molecule has 0 aromatic heterocycles. The van der Waals surface area contributed by atoms with Crippen LogP contribution < -0.4 is 0 Å². The van der Waals surface area contributed by atoms with Gasteiger partial charge in [0.2, 0.25) is 0 Å². The van der Waals surface area contributed by atoms with Crippen molar-refractivity contribution in [3.05, 3.63) is 35.6 Å². The molecule has 1 N–H and O–H groups in total. The van der Waals surface area contributed by atoms with Crippen LogP contribution in [0.25, 0.3) is 0 Å². The van der Waals surface area contributed by atoms with E-state index in [1.165, 1.54) is 25.2 Å². The van der Waals surface area contributed by atoms with Crippen LogP contribution in [0.5, 0.6) is 0 Å². The molecule has 0 saturated heterocycles. The van der Waals surface area contributed by atoms with Gasteiger partial charge in [0.1, 0.15) is 19.0 Å². The molecule has 0 aliphatic heterocycles. The number of benzene rings is 1. The number of carbonyl (C=O) groups excluding carboxylic acids is 1. The fourth-order valence-corrected chi connectivity index (χ4v) is 1.13. The topological polar surface area (TPSA) is 66.8 Å². The van der Waals surface area contributed by atoms with Gasteiger partial charge in [0.05, 0.1) is 0 Å². The van der Waals surface area contributed by atoms with Gasteiger partial charge < -0.3 is 14.7 Å². The van der Waals surface area contributed by atoms with E-state index in [2.05, 4.69) is 0 Å². The van der Waals surface area contributed by atoms with Gasteiger partial charge in [-0.05, 0) is 6.07 Å². The number of likely N-dealkylation sites (N-methyl/N-ethyl adjacent to an activating group) is 1. The quantitative estimate of drug-likeness (QED) is 0.867. The number of hydrogen-bond acceptors (Lipinski definition) is 3. The minimum absolute atomic E-state index is 0.227. The molecule has 17 heavy (non-hydrogen) atoms. The summed E-state index contributed by atoms with van der Waals surface area (Å²) >= 11 is 0. The second-order valence-electron chi connectivity index (χ2n) is 3.40. The normalized spacial score (nSPS) is 9.76. The number of nitrogens with zero attached hydrogens (tertiary/aromatic N) is 1. The van der Waals surface area contributed by atoms with Crippen molar-refractivity contribution < 1.29 is 23.8 Å². The second kappa shape index (κ2) is 5.83. The molecule has 0 radical (unpaired) electrons. The van der Waals surface area contributed by atoms with E-state index in [1.807, 2.05) is 0 Å². The number of carboxylic acids is 1. The number of carboxylic acid groups (broad SMARTS) is 1. The van der Waals surface area contributed by atoms with Crippen molar-refractivity contribution in [2.75, 3.05) is 13.6 Å². The predicted molar refractivity (Wildman–Crippen MR) is 56.9 cm³/mol. The molecule has 0 atom stereocenters. The van der Waals surface area contributed by atoms with Crippen molar-refractivity contribution in [3.8, 4) is 0 Å². The molecule has 5 nitrogen and oxygen atoms in total. The molecule has 0 saturated carbocycles. The van der Waals surface area contributed by atoms with E-state index in [-0.39, 0.29) is 12.2 Å². The molecule has 0 spiro atoms.